The minimum absolute atomic E-state index is 0.166. The summed E-state index contributed by atoms with van der Waals surface area (Å²) in [5.74, 6) is 0. The van der Waals surface area contributed by atoms with Crippen LogP contribution in [0.25, 0.3) is 11.1 Å². The smallest absolute Gasteiger partial charge is 0.152 e. The van der Waals surface area contributed by atoms with E-state index >= 15 is 0 Å². The molecule has 2 aromatic heterocycles. The molecular formula is C11H12N2O. The van der Waals surface area contributed by atoms with Gasteiger partial charge in [0.25, 0.3) is 0 Å². The van der Waals surface area contributed by atoms with E-state index in [9.17, 15) is 0 Å². The summed E-state index contributed by atoms with van der Waals surface area (Å²) in [6, 6.07) is 3.83. The summed E-state index contributed by atoms with van der Waals surface area (Å²) in [6.45, 7) is 0.693. The van der Waals surface area contributed by atoms with E-state index in [1.165, 1.54) is 5.56 Å². The van der Waals surface area contributed by atoms with Crippen molar-refractivity contribution in [1.29, 1.82) is 0 Å². The predicted octanol–water partition coefficient (Wildman–Crippen LogP) is 1.82. The van der Waals surface area contributed by atoms with Crippen LogP contribution in [0.2, 0.25) is 0 Å². The van der Waals surface area contributed by atoms with Crippen LogP contribution in [0.1, 0.15) is 18.4 Å². The zero-order valence-corrected chi connectivity index (χ0v) is 7.86. The Hall–Kier alpha value is -1.35. The maximum absolute atomic E-state index is 5.78. The molecular weight excluding hydrogens is 176 g/mol. The van der Waals surface area contributed by atoms with Crippen LogP contribution >= 0.6 is 0 Å². The average molecular weight is 188 g/mol. The van der Waals surface area contributed by atoms with Crippen LogP contribution in [0.15, 0.2) is 29.0 Å². The van der Waals surface area contributed by atoms with Crippen molar-refractivity contribution in [2.24, 2.45) is 5.73 Å². The van der Waals surface area contributed by atoms with Crippen LogP contribution in [0.5, 0.6) is 0 Å². The first-order chi connectivity index (χ1) is 6.86. The van der Waals surface area contributed by atoms with E-state index in [-0.39, 0.29) is 5.41 Å². The van der Waals surface area contributed by atoms with E-state index < -0.39 is 0 Å². The maximum Gasteiger partial charge on any atom is 0.152 e. The summed E-state index contributed by atoms with van der Waals surface area (Å²) in [6.07, 6.45) is 5.94. The maximum atomic E-state index is 5.78. The quantitative estimate of drug-likeness (QED) is 0.782. The second kappa shape index (κ2) is 2.58. The van der Waals surface area contributed by atoms with Crippen molar-refractivity contribution >= 4 is 11.1 Å². The van der Waals surface area contributed by atoms with Crippen LogP contribution in [0.3, 0.4) is 0 Å². The Morgan fingerprint density at radius 3 is 3.07 bits per heavy atom. The zero-order valence-electron chi connectivity index (χ0n) is 7.86. The van der Waals surface area contributed by atoms with E-state index in [0.717, 1.165) is 23.9 Å². The Bertz CT molecular complexity index is 471. The molecule has 3 rings (SSSR count). The summed E-state index contributed by atoms with van der Waals surface area (Å²) < 4.78 is 5.46. The molecule has 0 unspecified atom stereocenters. The number of hydrogen-bond acceptors (Lipinski definition) is 3. The molecule has 1 aliphatic rings. The fraction of sp³-hybridized carbons (Fsp3) is 0.364. The lowest BCUT2D eigenvalue weighted by Crippen LogP contribution is -2.19. The Labute approximate surface area is 81.9 Å². The minimum Gasteiger partial charge on any atom is -0.462 e. The molecule has 0 atom stereocenters. The number of aromatic nitrogens is 1. The number of nitrogens with two attached hydrogens (primary N) is 1. The average Bonchev–Trinajstić information content (AvgIpc) is 2.91. The van der Waals surface area contributed by atoms with Crippen LogP contribution < -0.4 is 5.73 Å². The monoisotopic (exact) mass is 188 g/mol. The molecule has 3 heteroatoms. The molecule has 0 spiro atoms. The second-order valence-electron chi connectivity index (χ2n) is 3.98. The third-order valence-electron chi connectivity index (χ3n) is 3.15. The molecule has 1 aliphatic carbocycles. The van der Waals surface area contributed by atoms with Gasteiger partial charge in [0.2, 0.25) is 0 Å². The number of furan rings is 1. The largest absolute Gasteiger partial charge is 0.462 e. The molecule has 2 heterocycles. The highest BCUT2D eigenvalue weighted by Crippen LogP contribution is 2.49. The molecule has 14 heavy (non-hydrogen) atoms. The van der Waals surface area contributed by atoms with Crippen molar-refractivity contribution in [3.63, 3.8) is 0 Å². The highest BCUT2D eigenvalue weighted by atomic mass is 16.3. The first-order valence-corrected chi connectivity index (χ1v) is 4.88. The van der Waals surface area contributed by atoms with Crippen molar-refractivity contribution in [3.05, 3.63) is 30.2 Å². The second-order valence-corrected chi connectivity index (χ2v) is 3.98. The topological polar surface area (TPSA) is 52.0 Å². The fourth-order valence-electron chi connectivity index (χ4n) is 1.98. The lowest BCUT2D eigenvalue weighted by molar-refractivity contribution is 0.596. The first-order valence-electron chi connectivity index (χ1n) is 4.88. The lowest BCUT2D eigenvalue weighted by Gasteiger charge is -2.08. The van der Waals surface area contributed by atoms with Gasteiger partial charge < -0.3 is 10.2 Å². The van der Waals surface area contributed by atoms with Crippen LogP contribution in [0, 0.1) is 0 Å². The highest BCUT2D eigenvalue weighted by molar-refractivity contribution is 5.78. The summed E-state index contributed by atoms with van der Waals surface area (Å²) in [4.78, 5) is 4.35. The van der Waals surface area contributed by atoms with Crippen molar-refractivity contribution in [1.82, 2.24) is 4.98 Å². The van der Waals surface area contributed by atoms with Gasteiger partial charge in [-0.1, -0.05) is 0 Å². The summed E-state index contributed by atoms with van der Waals surface area (Å²) >= 11 is 0. The molecule has 0 radical (unpaired) electrons. The van der Waals surface area contributed by atoms with E-state index in [0.29, 0.717) is 6.54 Å². The molecule has 1 fully saturated rings. The Kier molecular flexibility index (Phi) is 1.47. The van der Waals surface area contributed by atoms with E-state index in [1.54, 1.807) is 6.20 Å². The summed E-state index contributed by atoms with van der Waals surface area (Å²) in [5.41, 5.74) is 8.98. The molecule has 0 aromatic carbocycles. The van der Waals surface area contributed by atoms with Crippen LogP contribution in [-0.2, 0) is 5.41 Å². The first kappa shape index (κ1) is 8.00. The number of pyridine rings is 1. The number of hydrogen-bond donors (Lipinski definition) is 1. The Balaban J connectivity index is 2.22. The van der Waals surface area contributed by atoms with Gasteiger partial charge in [0.05, 0.1) is 6.26 Å². The number of fused-ring (bicyclic) bond motifs is 1. The molecule has 1 saturated carbocycles. The van der Waals surface area contributed by atoms with Gasteiger partial charge >= 0.3 is 0 Å². The minimum atomic E-state index is 0.166. The molecule has 0 aliphatic heterocycles. The van der Waals surface area contributed by atoms with Crippen molar-refractivity contribution in [3.8, 4) is 0 Å². The number of nitrogens with zero attached hydrogens (tertiary/aromatic N) is 1. The van der Waals surface area contributed by atoms with Crippen molar-refractivity contribution in [2.75, 3.05) is 6.54 Å². The van der Waals surface area contributed by atoms with Gasteiger partial charge in [-0.25, -0.2) is 0 Å². The molecule has 0 saturated heterocycles. The summed E-state index contributed by atoms with van der Waals surface area (Å²) in [7, 11) is 0. The van der Waals surface area contributed by atoms with Crippen molar-refractivity contribution in [2.45, 2.75) is 18.3 Å². The van der Waals surface area contributed by atoms with Gasteiger partial charge in [0.1, 0.15) is 5.52 Å². The van der Waals surface area contributed by atoms with Gasteiger partial charge in [0.15, 0.2) is 5.58 Å². The number of rotatable bonds is 2. The molecule has 0 amide bonds. The standard InChI is InChI=1S/C11H12N2O/c12-7-11(3-4-11)8-6-14-9-2-1-5-13-10(8)9/h1-2,5-6H,3-4,7,12H2. The van der Waals surface area contributed by atoms with Gasteiger partial charge in [-0.05, 0) is 25.0 Å². The Morgan fingerprint density at radius 2 is 2.36 bits per heavy atom. The molecule has 3 nitrogen and oxygen atoms in total. The lowest BCUT2D eigenvalue weighted by atomic mass is 9.98. The van der Waals surface area contributed by atoms with E-state index in [4.69, 9.17) is 10.2 Å². The molecule has 72 valence electrons. The summed E-state index contributed by atoms with van der Waals surface area (Å²) in [5, 5.41) is 0. The van der Waals surface area contributed by atoms with Crippen LogP contribution in [-0.4, -0.2) is 11.5 Å². The molecule has 0 bridgehead atoms. The van der Waals surface area contributed by atoms with Crippen LogP contribution in [0.4, 0.5) is 0 Å². The van der Waals surface area contributed by atoms with Gasteiger partial charge in [-0.2, -0.15) is 0 Å². The molecule has 2 N–H and O–H groups in total. The highest BCUT2D eigenvalue weighted by Gasteiger charge is 2.45. The SMILES string of the molecule is NCC1(c2coc3cccnc23)CC1. The predicted molar refractivity (Wildman–Crippen MR) is 54.0 cm³/mol. The Morgan fingerprint density at radius 1 is 1.50 bits per heavy atom. The normalized spacial score (nSPS) is 18.6. The van der Waals surface area contributed by atoms with E-state index in [2.05, 4.69) is 4.98 Å². The van der Waals surface area contributed by atoms with E-state index in [1.807, 2.05) is 18.4 Å². The van der Waals surface area contributed by atoms with Crippen molar-refractivity contribution < 1.29 is 4.42 Å². The molecule has 2 aromatic rings. The van der Waals surface area contributed by atoms with Gasteiger partial charge in [-0.15, -0.1) is 0 Å². The van der Waals surface area contributed by atoms with Gasteiger partial charge in [-0.3, -0.25) is 4.98 Å². The van der Waals surface area contributed by atoms with Gasteiger partial charge in [0, 0.05) is 23.7 Å². The zero-order chi connectivity index (χ0) is 9.60. The third-order valence-corrected chi connectivity index (χ3v) is 3.15. The fourth-order valence-corrected chi connectivity index (χ4v) is 1.98. The third kappa shape index (κ3) is 0.930.